The van der Waals surface area contributed by atoms with Crippen LogP contribution in [0.5, 0.6) is 0 Å². The summed E-state index contributed by atoms with van der Waals surface area (Å²) < 4.78 is 0. The van der Waals surface area contributed by atoms with Gasteiger partial charge in [0.25, 0.3) is 5.78 Å². The van der Waals surface area contributed by atoms with E-state index < -0.39 is 11.7 Å². The maximum atomic E-state index is 12.4. The number of ketones is 1. The number of likely N-dealkylation sites (tertiary alicyclic amines) is 1. The Hall–Kier alpha value is -2.99. The molecule has 2 aliphatic heterocycles. The Bertz CT molecular complexity index is 873. The van der Waals surface area contributed by atoms with Crippen LogP contribution in [0.3, 0.4) is 0 Å². The van der Waals surface area contributed by atoms with E-state index in [0.717, 1.165) is 31.6 Å². The number of anilines is 2. The zero-order valence-corrected chi connectivity index (χ0v) is 15.0. The van der Waals surface area contributed by atoms with Gasteiger partial charge in [0, 0.05) is 24.4 Å². The van der Waals surface area contributed by atoms with Gasteiger partial charge in [-0.25, -0.2) is 0 Å². The largest absolute Gasteiger partial charge is 0.326 e. The standard InChI is InChI=1S/C21H21N3O3/c25-19-17-8-4-5-9-18(17)24(21(19)27)14-23-12-10-15(11-13-23)20(26)22-16-6-2-1-3-7-16/h1-9,15H,10-14H2,(H,22,26)/p+1. The van der Waals surface area contributed by atoms with Crippen molar-refractivity contribution in [3.05, 3.63) is 60.2 Å². The van der Waals surface area contributed by atoms with Gasteiger partial charge >= 0.3 is 5.91 Å². The van der Waals surface area contributed by atoms with E-state index in [-0.39, 0.29) is 11.8 Å². The van der Waals surface area contributed by atoms with Crippen molar-refractivity contribution in [2.45, 2.75) is 12.8 Å². The number of carbonyl (C=O) groups excluding carboxylic acids is 3. The summed E-state index contributed by atoms with van der Waals surface area (Å²) in [4.78, 5) is 39.7. The van der Waals surface area contributed by atoms with E-state index in [4.69, 9.17) is 0 Å². The Balaban J connectivity index is 1.34. The molecule has 0 atom stereocenters. The highest BCUT2D eigenvalue weighted by molar-refractivity contribution is 6.52. The molecular formula is C21H22N3O3+. The van der Waals surface area contributed by atoms with Crippen LogP contribution in [0.25, 0.3) is 0 Å². The predicted molar refractivity (Wildman–Crippen MR) is 102 cm³/mol. The van der Waals surface area contributed by atoms with Crippen LogP contribution < -0.4 is 15.1 Å². The molecule has 27 heavy (non-hydrogen) atoms. The lowest BCUT2D eigenvalue weighted by Gasteiger charge is -2.31. The minimum Gasteiger partial charge on any atom is -0.326 e. The maximum absolute atomic E-state index is 12.4. The number of benzene rings is 2. The third-order valence-corrected chi connectivity index (χ3v) is 5.37. The number of rotatable bonds is 4. The molecule has 2 heterocycles. The molecule has 2 amide bonds. The SMILES string of the molecule is O=C1C(=O)N(C[NH+]2CCC(C(=O)Nc3ccccc3)CC2)c2ccccc21. The van der Waals surface area contributed by atoms with Crippen LogP contribution in [0.15, 0.2) is 54.6 Å². The highest BCUT2D eigenvalue weighted by atomic mass is 16.2. The van der Waals surface area contributed by atoms with E-state index in [0.29, 0.717) is 17.9 Å². The van der Waals surface area contributed by atoms with E-state index in [9.17, 15) is 14.4 Å². The van der Waals surface area contributed by atoms with Crippen molar-refractivity contribution in [3.8, 4) is 0 Å². The second-order valence-corrected chi connectivity index (χ2v) is 7.12. The molecule has 0 aromatic heterocycles. The van der Waals surface area contributed by atoms with Crippen LogP contribution in [-0.2, 0) is 9.59 Å². The summed E-state index contributed by atoms with van der Waals surface area (Å²) in [6, 6.07) is 16.6. The van der Waals surface area contributed by atoms with Crippen molar-refractivity contribution in [1.29, 1.82) is 0 Å². The number of hydrogen-bond acceptors (Lipinski definition) is 3. The second kappa shape index (κ2) is 7.32. The van der Waals surface area contributed by atoms with Crippen LogP contribution in [-0.4, -0.2) is 37.4 Å². The normalized spacial score (nSPS) is 21.9. The van der Waals surface area contributed by atoms with Gasteiger partial charge in [0.1, 0.15) is 0 Å². The Morgan fingerprint density at radius 2 is 1.67 bits per heavy atom. The highest BCUT2D eigenvalue weighted by Crippen LogP contribution is 2.27. The van der Waals surface area contributed by atoms with Gasteiger partial charge in [0.05, 0.1) is 24.3 Å². The molecule has 0 aliphatic carbocycles. The van der Waals surface area contributed by atoms with Gasteiger partial charge in [0.15, 0.2) is 6.67 Å². The molecule has 1 saturated heterocycles. The fraction of sp³-hybridized carbons (Fsp3) is 0.286. The third kappa shape index (κ3) is 3.48. The first kappa shape index (κ1) is 17.4. The highest BCUT2D eigenvalue weighted by Gasteiger charge is 2.38. The first-order valence-corrected chi connectivity index (χ1v) is 9.28. The van der Waals surface area contributed by atoms with Gasteiger partial charge in [-0.05, 0) is 24.3 Å². The number of hydrogen-bond donors (Lipinski definition) is 2. The van der Waals surface area contributed by atoms with Gasteiger partial charge in [-0.1, -0.05) is 30.3 Å². The topological polar surface area (TPSA) is 70.9 Å². The molecule has 2 N–H and O–H groups in total. The van der Waals surface area contributed by atoms with Crippen molar-refractivity contribution >= 4 is 29.0 Å². The number of fused-ring (bicyclic) bond motifs is 1. The molecule has 138 valence electrons. The molecule has 6 nitrogen and oxygen atoms in total. The predicted octanol–water partition coefficient (Wildman–Crippen LogP) is 1.11. The van der Waals surface area contributed by atoms with Crippen molar-refractivity contribution < 1.29 is 19.3 Å². The first-order valence-electron chi connectivity index (χ1n) is 9.28. The van der Waals surface area contributed by atoms with Gasteiger partial charge in [-0.3, -0.25) is 19.3 Å². The van der Waals surface area contributed by atoms with E-state index in [1.165, 1.54) is 4.90 Å². The molecule has 0 saturated carbocycles. The molecule has 0 unspecified atom stereocenters. The number of nitrogens with zero attached hydrogens (tertiary/aromatic N) is 1. The van der Waals surface area contributed by atoms with Crippen molar-refractivity contribution in [2.75, 3.05) is 30.0 Å². The third-order valence-electron chi connectivity index (χ3n) is 5.37. The maximum Gasteiger partial charge on any atom is 0.303 e. The summed E-state index contributed by atoms with van der Waals surface area (Å²) in [5.74, 6) is -0.843. The molecule has 0 radical (unpaired) electrons. The van der Waals surface area contributed by atoms with Gasteiger partial charge in [0.2, 0.25) is 5.91 Å². The van der Waals surface area contributed by atoms with E-state index >= 15 is 0 Å². The summed E-state index contributed by atoms with van der Waals surface area (Å²) in [6.07, 6.45) is 1.54. The molecule has 0 spiro atoms. The number of carbonyl (C=O) groups is 3. The average Bonchev–Trinajstić information content (AvgIpc) is 2.94. The number of piperidine rings is 1. The van der Waals surface area contributed by atoms with Crippen molar-refractivity contribution in [2.24, 2.45) is 5.92 Å². The molecule has 2 aromatic rings. The minimum absolute atomic E-state index is 0.0165. The van der Waals surface area contributed by atoms with Crippen molar-refractivity contribution in [3.63, 3.8) is 0 Å². The van der Waals surface area contributed by atoms with E-state index in [2.05, 4.69) is 5.32 Å². The smallest absolute Gasteiger partial charge is 0.303 e. The molecule has 0 bridgehead atoms. The Morgan fingerprint density at radius 3 is 2.41 bits per heavy atom. The average molecular weight is 364 g/mol. The van der Waals surface area contributed by atoms with E-state index in [1.807, 2.05) is 42.5 Å². The molecule has 2 aromatic carbocycles. The number of Topliss-reactive ketones (excluding diaryl/α,β-unsaturated/α-hetero) is 1. The lowest BCUT2D eigenvalue weighted by atomic mass is 9.96. The van der Waals surface area contributed by atoms with Crippen LogP contribution >= 0.6 is 0 Å². The van der Waals surface area contributed by atoms with E-state index in [1.54, 1.807) is 17.0 Å². The zero-order valence-electron chi connectivity index (χ0n) is 15.0. The van der Waals surface area contributed by atoms with Crippen molar-refractivity contribution in [1.82, 2.24) is 0 Å². The second-order valence-electron chi connectivity index (χ2n) is 7.12. The zero-order chi connectivity index (χ0) is 18.8. The fourth-order valence-electron chi connectivity index (χ4n) is 3.84. The summed E-state index contributed by atoms with van der Waals surface area (Å²) in [5, 5.41) is 2.97. The Kier molecular flexibility index (Phi) is 4.73. The Labute approximate surface area is 157 Å². The van der Waals surface area contributed by atoms with Gasteiger partial charge in [-0.15, -0.1) is 0 Å². The number of nitrogens with one attached hydrogen (secondary N) is 2. The molecule has 1 fully saturated rings. The van der Waals surface area contributed by atoms with Gasteiger partial charge in [-0.2, -0.15) is 0 Å². The number of quaternary nitrogens is 1. The number of para-hydroxylation sites is 2. The van der Waals surface area contributed by atoms with Crippen LogP contribution in [0.1, 0.15) is 23.2 Å². The molecule has 2 aliphatic rings. The summed E-state index contributed by atoms with van der Waals surface area (Å²) in [7, 11) is 0. The molecule has 6 heteroatoms. The monoisotopic (exact) mass is 364 g/mol. The van der Waals surface area contributed by atoms with Crippen LogP contribution in [0, 0.1) is 5.92 Å². The summed E-state index contributed by atoms with van der Waals surface area (Å²) in [6.45, 7) is 2.06. The molecule has 4 rings (SSSR count). The Morgan fingerprint density at radius 1 is 1.00 bits per heavy atom. The summed E-state index contributed by atoms with van der Waals surface area (Å²) >= 11 is 0. The first-order chi connectivity index (χ1) is 13.1. The fourth-order valence-corrected chi connectivity index (χ4v) is 3.84. The molecular weight excluding hydrogens is 342 g/mol. The lowest BCUT2D eigenvalue weighted by Crippen LogP contribution is -3.14. The summed E-state index contributed by atoms with van der Waals surface area (Å²) in [5.41, 5.74) is 2.00. The van der Waals surface area contributed by atoms with Gasteiger partial charge < -0.3 is 10.2 Å². The number of amides is 2. The van der Waals surface area contributed by atoms with Crippen LogP contribution in [0.2, 0.25) is 0 Å². The lowest BCUT2D eigenvalue weighted by molar-refractivity contribution is -0.904. The minimum atomic E-state index is -0.451. The van der Waals surface area contributed by atoms with Crippen LogP contribution in [0.4, 0.5) is 11.4 Å². The quantitative estimate of drug-likeness (QED) is 0.799.